The standard InChI is InChI=1S/C21H20O11/c22-6-13-15(26)17(28)19(30)21(32-13)8-4-11(25)14-12(5-8)31-20(18(29)16(14)27)7-1-2-9(23)10(24)3-7/h1-5,13,15,17,19,21-26,28-30H,6H2/t13-,15-,17+,19-,21+/m1/s1. The van der Waals surface area contributed by atoms with Crippen LogP contribution in [0.25, 0.3) is 22.3 Å². The maximum atomic E-state index is 12.7. The molecule has 1 fully saturated rings. The van der Waals surface area contributed by atoms with E-state index in [1.165, 1.54) is 12.1 Å². The van der Waals surface area contributed by atoms with Gasteiger partial charge in [-0.3, -0.25) is 4.79 Å². The molecule has 4 rings (SSSR count). The van der Waals surface area contributed by atoms with Crippen molar-refractivity contribution in [2.75, 3.05) is 6.61 Å². The molecule has 8 N–H and O–H groups in total. The molecule has 1 aromatic heterocycles. The Balaban J connectivity index is 1.88. The maximum Gasteiger partial charge on any atom is 0.238 e. The number of rotatable bonds is 3. The Kier molecular flexibility index (Phi) is 5.44. The van der Waals surface area contributed by atoms with Gasteiger partial charge in [0.15, 0.2) is 17.3 Å². The molecule has 32 heavy (non-hydrogen) atoms. The van der Waals surface area contributed by atoms with Crippen LogP contribution in [-0.4, -0.2) is 71.9 Å². The summed E-state index contributed by atoms with van der Waals surface area (Å²) in [5.41, 5.74) is -1.09. The summed E-state index contributed by atoms with van der Waals surface area (Å²) in [6.07, 6.45) is -7.38. The first kappa shape index (κ1) is 21.9. The van der Waals surface area contributed by atoms with Crippen molar-refractivity contribution in [3.05, 3.63) is 46.1 Å². The Morgan fingerprint density at radius 3 is 2.22 bits per heavy atom. The highest BCUT2D eigenvalue weighted by Gasteiger charge is 2.44. The van der Waals surface area contributed by atoms with Crippen molar-refractivity contribution < 1.29 is 50.0 Å². The zero-order valence-electron chi connectivity index (χ0n) is 16.3. The van der Waals surface area contributed by atoms with Crippen LogP contribution in [0.15, 0.2) is 39.5 Å². The van der Waals surface area contributed by atoms with E-state index in [0.717, 1.165) is 18.2 Å². The van der Waals surface area contributed by atoms with E-state index in [0.29, 0.717) is 0 Å². The predicted molar refractivity (Wildman–Crippen MR) is 107 cm³/mol. The lowest BCUT2D eigenvalue weighted by atomic mass is 9.90. The van der Waals surface area contributed by atoms with Crippen LogP contribution in [0.3, 0.4) is 0 Å². The van der Waals surface area contributed by atoms with E-state index in [2.05, 4.69) is 0 Å². The monoisotopic (exact) mass is 448 g/mol. The van der Waals surface area contributed by atoms with Gasteiger partial charge in [-0.1, -0.05) is 0 Å². The lowest BCUT2D eigenvalue weighted by molar-refractivity contribution is -0.231. The highest BCUT2D eigenvalue weighted by atomic mass is 16.5. The first-order valence-corrected chi connectivity index (χ1v) is 9.49. The van der Waals surface area contributed by atoms with E-state index in [1.54, 1.807) is 0 Å². The third-order valence-corrected chi connectivity index (χ3v) is 5.43. The molecule has 1 saturated heterocycles. The highest BCUT2D eigenvalue weighted by Crippen LogP contribution is 2.39. The first-order chi connectivity index (χ1) is 15.1. The molecule has 5 atom stereocenters. The summed E-state index contributed by atoms with van der Waals surface area (Å²) >= 11 is 0. The van der Waals surface area contributed by atoms with Crippen LogP contribution in [-0.2, 0) is 4.74 Å². The van der Waals surface area contributed by atoms with Crippen molar-refractivity contribution >= 4 is 11.0 Å². The summed E-state index contributed by atoms with van der Waals surface area (Å²) in [5, 5.41) is 79.2. The molecule has 3 aromatic rings. The molecule has 0 bridgehead atoms. The molecule has 0 aliphatic carbocycles. The second-order valence-electron chi connectivity index (χ2n) is 7.48. The second kappa shape index (κ2) is 7.97. The van der Waals surface area contributed by atoms with Gasteiger partial charge in [-0.05, 0) is 35.9 Å². The van der Waals surface area contributed by atoms with E-state index < -0.39 is 65.6 Å². The van der Waals surface area contributed by atoms with Gasteiger partial charge in [-0.2, -0.15) is 0 Å². The molecular weight excluding hydrogens is 428 g/mol. The molecule has 2 aromatic carbocycles. The third-order valence-electron chi connectivity index (χ3n) is 5.43. The fraction of sp³-hybridized carbons (Fsp3) is 0.286. The van der Waals surface area contributed by atoms with E-state index in [-0.39, 0.29) is 27.9 Å². The van der Waals surface area contributed by atoms with Gasteiger partial charge >= 0.3 is 0 Å². The zero-order chi connectivity index (χ0) is 23.3. The Bertz CT molecular complexity index is 1230. The summed E-state index contributed by atoms with van der Waals surface area (Å²) in [4.78, 5) is 12.7. The number of fused-ring (bicyclic) bond motifs is 1. The molecule has 11 heteroatoms. The molecule has 1 aliphatic heterocycles. The number of hydrogen-bond donors (Lipinski definition) is 8. The molecule has 0 saturated carbocycles. The van der Waals surface area contributed by atoms with Gasteiger partial charge in [0.2, 0.25) is 11.2 Å². The van der Waals surface area contributed by atoms with Gasteiger partial charge in [0.1, 0.15) is 47.2 Å². The number of aliphatic hydroxyl groups excluding tert-OH is 4. The Morgan fingerprint density at radius 2 is 1.56 bits per heavy atom. The van der Waals surface area contributed by atoms with Crippen LogP contribution in [0.1, 0.15) is 11.7 Å². The maximum absolute atomic E-state index is 12.7. The Hall–Kier alpha value is -3.35. The largest absolute Gasteiger partial charge is 0.507 e. The topological polar surface area (TPSA) is 201 Å². The minimum atomic E-state index is -1.66. The second-order valence-corrected chi connectivity index (χ2v) is 7.48. The highest BCUT2D eigenvalue weighted by molar-refractivity contribution is 5.87. The quantitative estimate of drug-likeness (QED) is 0.247. The number of benzene rings is 2. The van der Waals surface area contributed by atoms with Crippen LogP contribution in [0.4, 0.5) is 0 Å². The average molecular weight is 448 g/mol. The molecule has 1 aliphatic rings. The van der Waals surface area contributed by atoms with Gasteiger partial charge in [-0.15, -0.1) is 0 Å². The lowest BCUT2D eigenvalue weighted by Crippen LogP contribution is -2.55. The van der Waals surface area contributed by atoms with Crippen molar-refractivity contribution in [3.63, 3.8) is 0 Å². The fourth-order valence-electron chi connectivity index (χ4n) is 3.71. The van der Waals surface area contributed by atoms with Crippen molar-refractivity contribution in [2.45, 2.75) is 30.5 Å². The number of aromatic hydroxyl groups is 4. The summed E-state index contributed by atoms with van der Waals surface area (Å²) in [6.45, 7) is -0.654. The Morgan fingerprint density at radius 1 is 0.844 bits per heavy atom. The van der Waals surface area contributed by atoms with Gasteiger partial charge in [-0.25, -0.2) is 0 Å². The number of phenols is 3. The average Bonchev–Trinajstić information content (AvgIpc) is 2.76. The van der Waals surface area contributed by atoms with E-state index in [9.17, 15) is 45.6 Å². The fourth-order valence-corrected chi connectivity index (χ4v) is 3.71. The number of hydrogen-bond acceptors (Lipinski definition) is 11. The van der Waals surface area contributed by atoms with Crippen LogP contribution in [0.5, 0.6) is 23.0 Å². The van der Waals surface area contributed by atoms with Gasteiger partial charge in [0.05, 0.1) is 6.61 Å². The Labute approximate surface area is 179 Å². The summed E-state index contributed by atoms with van der Waals surface area (Å²) < 4.78 is 11.1. The van der Waals surface area contributed by atoms with E-state index >= 15 is 0 Å². The van der Waals surface area contributed by atoms with Gasteiger partial charge in [0.25, 0.3) is 0 Å². The van der Waals surface area contributed by atoms with Gasteiger partial charge in [0, 0.05) is 5.56 Å². The van der Waals surface area contributed by atoms with Crippen LogP contribution in [0, 0.1) is 0 Å². The minimum absolute atomic E-state index is 0.0505. The molecular formula is C21H20O11. The molecule has 11 nitrogen and oxygen atoms in total. The number of phenolic OH excluding ortho intramolecular Hbond substituents is 3. The van der Waals surface area contributed by atoms with Crippen molar-refractivity contribution in [1.82, 2.24) is 0 Å². The van der Waals surface area contributed by atoms with Crippen molar-refractivity contribution in [3.8, 4) is 34.3 Å². The summed E-state index contributed by atoms with van der Waals surface area (Å²) in [5.74, 6) is -2.78. The molecule has 2 heterocycles. The molecule has 170 valence electrons. The first-order valence-electron chi connectivity index (χ1n) is 9.49. The normalized spacial score (nSPS) is 25.8. The third kappa shape index (κ3) is 3.42. The van der Waals surface area contributed by atoms with E-state index in [1.807, 2.05) is 0 Å². The molecule has 0 radical (unpaired) electrons. The molecule has 0 unspecified atom stereocenters. The van der Waals surface area contributed by atoms with Crippen LogP contribution >= 0.6 is 0 Å². The van der Waals surface area contributed by atoms with Crippen molar-refractivity contribution in [2.24, 2.45) is 0 Å². The summed E-state index contributed by atoms with van der Waals surface area (Å²) in [7, 11) is 0. The summed E-state index contributed by atoms with van der Waals surface area (Å²) in [6, 6.07) is 5.75. The zero-order valence-corrected chi connectivity index (χ0v) is 16.3. The molecule has 0 amide bonds. The number of aliphatic hydroxyl groups is 4. The molecule has 0 spiro atoms. The number of ether oxygens (including phenoxy) is 1. The van der Waals surface area contributed by atoms with Crippen LogP contribution in [0.2, 0.25) is 0 Å². The predicted octanol–water partition coefficient (Wildman–Crippen LogP) is -0.203. The van der Waals surface area contributed by atoms with Crippen molar-refractivity contribution in [1.29, 1.82) is 0 Å². The van der Waals surface area contributed by atoms with Gasteiger partial charge < -0.3 is 50.0 Å². The van der Waals surface area contributed by atoms with E-state index in [4.69, 9.17) is 9.15 Å². The minimum Gasteiger partial charge on any atom is -0.507 e. The van der Waals surface area contributed by atoms with Crippen LogP contribution < -0.4 is 5.43 Å². The smallest absolute Gasteiger partial charge is 0.238 e. The lowest BCUT2D eigenvalue weighted by Gasteiger charge is -2.40. The SMILES string of the molecule is O=c1c(O)c(-c2ccc(O)c(O)c2)oc2cc([C@@H]3O[C@H](CO)[C@@H](O)[C@H](O)[C@H]3O)cc(O)c12.